The third kappa shape index (κ3) is 2.44. The van der Waals surface area contributed by atoms with Gasteiger partial charge in [0.1, 0.15) is 0 Å². The van der Waals surface area contributed by atoms with E-state index in [4.69, 9.17) is 23.2 Å². The SMILES string of the molecule is Clc1ccc(C(Cl)c2cccc3cccnc23)cc1. The van der Waals surface area contributed by atoms with Crippen LogP contribution in [0.2, 0.25) is 5.02 Å². The van der Waals surface area contributed by atoms with E-state index in [1.54, 1.807) is 6.20 Å². The number of benzene rings is 2. The first-order chi connectivity index (χ1) is 9.25. The Morgan fingerprint density at radius 2 is 1.63 bits per heavy atom. The van der Waals surface area contributed by atoms with Gasteiger partial charge in [-0.3, -0.25) is 4.98 Å². The van der Waals surface area contributed by atoms with Crippen LogP contribution < -0.4 is 0 Å². The summed E-state index contributed by atoms with van der Waals surface area (Å²) in [6.07, 6.45) is 1.79. The van der Waals surface area contributed by atoms with Crippen LogP contribution in [-0.2, 0) is 0 Å². The summed E-state index contributed by atoms with van der Waals surface area (Å²) in [5.74, 6) is 0. The van der Waals surface area contributed by atoms with Gasteiger partial charge >= 0.3 is 0 Å². The van der Waals surface area contributed by atoms with E-state index in [0.717, 1.165) is 22.0 Å². The van der Waals surface area contributed by atoms with Crippen LogP contribution in [0.5, 0.6) is 0 Å². The Kier molecular flexibility index (Phi) is 3.41. The molecule has 1 aromatic heterocycles. The minimum absolute atomic E-state index is 0.226. The van der Waals surface area contributed by atoms with Crippen LogP contribution in [0.3, 0.4) is 0 Å². The largest absolute Gasteiger partial charge is 0.256 e. The van der Waals surface area contributed by atoms with Gasteiger partial charge in [0.2, 0.25) is 0 Å². The average Bonchev–Trinajstić information content (AvgIpc) is 2.47. The lowest BCUT2D eigenvalue weighted by Gasteiger charge is -2.12. The molecule has 0 aliphatic carbocycles. The summed E-state index contributed by atoms with van der Waals surface area (Å²) in [4.78, 5) is 4.43. The fraction of sp³-hybridized carbons (Fsp3) is 0.0625. The minimum atomic E-state index is -0.226. The number of hydrogen-bond donors (Lipinski definition) is 0. The van der Waals surface area contributed by atoms with E-state index < -0.39 is 0 Å². The zero-order valence-electron chi connectivity index (χ0n) is 10.1. The Hall–Kier alpha value is -1.57. The zero-order chi connectivity index (χ0) is 13.2. The highest BCUT2D eigenvalue weighted by Gasteiger charge is 2.14. The predicted molar refractivity (Wildman–Crippen MR) is 80.9 cm³/mol. The highest BCUT2D eigenvalue weighted by molar-refractivity contribution is 6.30. The highest BCUT2D eigenvalue weighted by Crippen LogP contribution is 2.33. The molecule has 0 saturated carbocycles. The molecule has 1 heterocycles. The van der Waals surface area contributed by atoms with Crippen molar-refractivity contribution in [2.45, 2.75) is 5.38 Å². The molecule has 3 aromatic rings. The summed E-state index contributed by atoms with van der Waals surface area (Å²) in [6.45, 7) is 0. The molecule has 0 bridgehead atoms. The summed E-state index contributed by atoms with van der Waals surface area (Å²) < 4.78 is 0. The maximum atomic E-state index is 6.58. The molecule has 3 heteroatoms. The van der Waals surface area contributed by atoms with Crippen LogP contribution in [0.1, 0.15) is 16.5 Å². The zero-order valence-corrected chi connectivity index (χ0v) is 11.6. The topological polar surface area (TPSA) is 12.9 Å². The van der Waals surface area contributed by atoms with Crippen LogP contribution in [-0.4, -0.2) is 4.98 Å². The molecule has 0 N–H and O–H groups in total. The minimum Gasteiger partial charge on any atom is -0.256 e. The monoisotopic (exact) mass is 287 g/mol. The molecule has 0 fully saturated rings. The van der Waals surface area contributed by atoms with Crippen molar-refractivity contribution >= 4 is 34.1 Å². The Balaban J connectivity index is 2.11. The molecule has 19 heavy (non-hydrogen) atoms. The number of alkyl halides is 1. The highest BCUT2D eigenvalue weighted by atomic mass is 35.5. The van der Waals surface area contributed by atoms with Gasteiger partial charge in [0.25, 0.3) is 0 Å². The summed E-state index contributed by atoms with van der Waals surface area (Å²) in [7, 11) is 0. The van der Waals surface area contributed by atoms with Crippen LogP contribution in [0.4, 0.5) is 0 Å². The summed E-state index contributed by atoms with van der Waals surface area (Å²) in [5, 5.41) is 1.58. The van der Waals surface area contributed by atoms with Crippen molar-refractivity contribution in [3.63, 3.8) is 0 Å². The normalized spacial score (nSPS) is 12.5. The number of halogens is 2. The smallest absolute Gasteiger partial charge is 0.0856 e. The molecule has 0 amide bonds. The first kappa shape index (κ1) is 12.5. The molecule has 94 valence electrons. The summed E-state index contributed by atoms with van der Waals surface area (Å²) in [5.41, 5.74) is 2.98. The molecule has 0 spiro atoms. The van der Waals surface area contributed by atoms with E-state index in [9.17, 15) is 0 Å². The van der Waals surface area contributed by atoms with E-state index >= 15 is 0 Å². The average molecular weight is 288 g/mol. The van der Waals surface area contributed by atoms with E-state index in [1.165, 1.54) is 0 Å². The Bertz CT molecular complexity index is 702. The van der Waals surface area contributed by atoms with Gasteiger partial charge in [-0.15, -0.1) is 11.6 Å². The van der Waals surface area contributed by atoms with Gasteiger partial charge in [0, 0.05) is 22.2 Å². The number of pyridine rings is 1. The van der Waals surface area contributed by atoms with Gasteiger partial charge in [-0.2, -0.15) is 0 Å². The lowest BCUT2D eigenvalue weighted by molar-refractivity contribution is 1.14. The Morgan fingerprint density at radius 1 is 0.895 bits per heavy atom. The summed E-state index contributed by atoms with van der Waals surface area (Å²) >= 11 is 12.5. The number of aromatic nitrogens is 1. The van der Waals surface area contributed by atoms with E-state index in [-0.39, 0.29) is 5.38 Å². The number of para-hydroxylation sites is 1. The third-order valence-electron chi connectivity index (χ3n) is 3.10. The second kappa shape index (κ2) is 5.20. The second-order valence-corrected chi connectivity index (χ2v) is 5.21. The van der Waals surface area contributed by atoms with Crippen molar-refractivity contribution in [2.24, 2.45) is 0 Å². The standard InChI is InChI=1S/C16H11Cl2N/c17-13-8-6-11(7-9-13)15(18)14-5-1-3-12-4-2-10-19-16(12)14/h1-10,15H. The summed E-state index contributed by atoms with van der Waals surface area (Å²) in [6, 6.07) is 17.6. The van der Waals surface area contributed by atoms with Gasteiger partial charge in [0.05, 0.1) is 10.9 Å². The molecule has 1 unspecified atom stereocenters. The number of hydrogen-bond acceptors (Lipinski definition) is 1. The third-order valence-corrected chi connectivity index (χ3v) is 3.84. The molecule has 2 aromatic carbocycles. The molecule has 1 nitrogen and oxygen atoms in total. The van der Waals surface area contributed by atoms with E-state index in [2.05, 4.69) is 4.98 Å². The number of fused-ring (bicyclic) bond motifs is 1. The van der Waals surface area contributed by atoms with Crippen molar-refractivity contribution in [3.8, 4) is 0 Å². The molecule has 0 aliphatic rings. The van der Waals surface area contributed by atoms with Gasteiger partial charge in [0.15, 0.2) is 0 Å². The lowest BCUT2D eigenvalue weighted by Crippen LogP contribution is -1.95. The van der Waals surface area contributed by atoms with Crippen molar-refractivity contribution in [2.75, 3.05) is 0 Å². The van der Waals surface area contributed by atoms with E-state index in [1.807, 2.05) is 54.6 Å². The molecule has 0 radical (unpaired) electrons. The fourth-order valence-corrected chi connectivity index (χ4v) is 2.59. The van der Waals surface area contributed by atoms with Crippen LogP contribution in [0, 0.1) is 0 Å². The number of rotatable bonds is 2. The van der Waals surface area contributed by atoms with Crippen LogP contribution >= 0.6 is 23.2 Å². The molecule has 0 aliphatic heterocycles. The molecular formula is C16H11Cl2N. The molecule has 1 atom stereocenters. The molecular weight excluding hydrogens is 277 g/mol. The van der Waals surface area contributed by atoms with Crippen molar-refractivity contribution in [1.29, 1.82) is 0 Å². The van der Waals surface area contributed by atoms with Crippen LogP contribution in [0.15, 0.2) is 60.8 Å². The predicted octanol–water partition coefficient (Wildman–Crippen LogP) is 5.22. The first-order valence-corrected chi connectivity index (χ1v) is 6.80. The van der Waals surface area contributed by atoms with Crippen molar-refractivity contribution in [1.82, 2.24) is 4.98 Å². The van der Waals surface area contributed by atoms with Crippen molar-refractivity contribution < 1.29 is 0 Å². The molecule has 3 rings (SSSR count). The lowest BCUT2D eigenvalue weighted by atomic mass is 10.0. The van der Waals surface area contributed by atoms with Gasteiger partial charge in [-0.1, -0.05) is 48.0 Å². The van der Waals surface area contributed by atoms with Gasteiger partial charge in [-0.05, 0) is 23.8 Å². The maximum Gasteiger partial charge on any atom is 0.0856 e. The van der Waals surface area contributed by atoms with E-state index in [0.29, 0.717) is 5.02 Å². The quantitative estimate of drug-likeness (QED) is 0.589. The second-order valence-electron chi connectivity index (χ2n) is 4.34. The Labute approximate surface area is 121 Å². The number of nitrogens with zero attached hydrogens (tertiary/aromatic N) is 1. The fourth-order valence-electron chi connectivity index (χ4n) is 2.14. The maximum absolute atomic E-state index is 6.58. The van der Waals surface area contributed by atoms with Crippen LogP contribution in [0.25, 0.3) is 10.9 Å². The molecule has 0 saturated heterocycles. The Morgan fingerprint density at radius 3 is 2.42 bits per heavy atom. The van der Waals surface area contributed by atoms with Crippen molar-refractivity contribution in [3.05, 3.63) is 76.9 Å². The van der Waals surface area contributed by atoms with Gasteiger partial charge < -0.3 is 0 Å². The van der Waals surface area contributed by atoms with Gasteiger partial charge in [-0.25, -0.2) is 0 Å². The first-order valence-electron chi connectivity index (χ1n) is 5.99.